The number of carbonyl (C=O) groups is 1. The maximum absolute atomic E-state index is 12.3. The molecule has 0 aromatic heterocycles. The van der Waals surface area contributed by atoms with Gasteiger partial charge in [0.25, 0.3) is 0 Å². The van der Waals surface area contributed by atoms with E-state index >= 15 is 0 Å². The van der Waals surface area contributed by atoms with Gasteiger partial charge in [-0.3, -0.25) is 14.9 Å². The number of rotatable bonds is 2. The molecule has 116 valence electrons. The van der Waals surface area contributed by atoms with Crippen molar-refractivity contribution < 1.29 is 14.7 Å². The van der Waals surface area contributed by atoms with Crippen LogP contribution < -0.4 is 10.6 Å². The van der Waals surface area contributed by atoms with Crippen LogP contribution in [0.5, 0.6) is 0 Å². The van der Waals surface area contributed by atoms with Crippen LogP contribution in [0.1, 0.15) is 54.4 Å². The molecule has 2 rings (SSSR count). The molecule has 0 saturated carbocycles. The van der Waals surface area contributed by atoms with Crippen molar-refractivity contribution in [2.45, 2.75) is 83.5 Å². The zero-order valence-electron chi connectivity index (χ0n) is 13.3. The third-order valence-electron chi connectivity index (χ3n) is 4.00. The van der Waals surface area contributed by atoms with Crippen LogP contribution in [0, 0.1) is 0 Å². The summed E-state index contributed by atoms with van der Waals surface area (Å²) in [6.07, 6.45) is 0.281. The lowest BCUT2D eigenvalue weighted by Crippen LogP contribution is -2.69. The summed E-state index contributed by atoms with van der Waals surface area (Å²) in [5, 5.41) is 17.3. The highest BCUT2D eigenvalue weighted by Crippen LogP contribution is 2.45. The summed E-state index contributed by atoms with van der Waals surface area (Å²) in [4.78, 5) is 18.3. The fourth-order valence-corrected chi connectivity index (χ4v) is 3.89. The number of hydrogen-bond acceptors (Lipinski definition) is 5. The highest BCUT2D eigenvalue weighted by molar-refractivity contribution is 5.89. The predicted octanol–water partition coefficient (Wildman–Crippen LogP) is 0.714. The Morgan fingerprint density at radius 1 is 1.25 bits per heavy atom. The summed E-state index contributed by atoms with van der Waals surface area (Å²) in [5.74, 6) is -0.129. The maximum atomic E-state index is 12.3. The molecule has 3 N–H and O–H groups in total. The van der Waals surface area contributed by atoms with Gasteiger partial charge in [-0.2, -0.15) is 5.06 Å². The van der Waals surface area contributed by atoms with Crippen LogP contribution in [0.25, 0.3) is 0 Å². The van der Waals surface area contributed by atoms with E-state index in [9.17, 15) is 9.90 Å². The van der Waals surface area contributed by atoms with Crippen LogP contribution in [0.4, 0.5) is 0 Å². The molecular formula is C14H27N3O3. The molecule has 2 aliphatic heterocycles. The van der Waals surface area contributed by atoms with Gasteiger partial charge < -0.3 is 10.4 Å². The monoisotopic (exact) mass is 285 g/mol. The van der Waals surface area contributed by atoms with Crippen LogP contribution in [0.15, 0.2) is 0 Å². The molecule has 2 saturated heterocycles. The van der Waals surface area contributed by atoms with Crippen LogP contribution in [0.3, 0.4) is 0 Å². The second-order valence-electron chi connectivity index (χ2n) is 7.53. The number of hydroxylamine groups is 2. The number of hydrogen-bond donors (Lipinski definition) is 3. The molecule has 1 atom stereocenters. The number of aliphatic hydroxyl groups excluding tert-OH is 1. The second-order valence-corrected chi connectivity index (χ2v) is 7.53. The maximum Gasteiger partial charge on any atom is 0.243 e. The van der Waals surface area contributed by atoms with Crippen molar-refractivity contribution in [1.82, 2.24) is 15.7 Å². The summed E-state index contributed by atoms with van der Waals surface area (Å²) in [7, 11) is 0. The van der Waals surface area contributed by atoms with Crippen LogP contribution >= 0.6 is 0 Å². The lowest BCUT2D eigenvalue weighted by molar-refractivity contribution is -0.306. The molecular weight excluding hydrogens is 258 g/mol. The molecule has 2 aliphatic rings. The van der Waals surface area contributed by atoms with Crippen molar-refractivity contribution >= 4 is 5.91 Å². The lowest BCUT2D eigenvalue weighted by atomic mass is 9.70. The average Bonchev–Trinajstić information content (AvgIpc) is 2.45. The number of nitrogens with zero attached hydrogens (tertiary/aromatic N) is 1. The Labute approximate surface area is 120 Å². The number of amides is 1. The predicted molar refractivity (Wildman–Crippen MR) is 75.5 cm³/mol. The fraction of sp³-hybridized carbons (Fsp3) is 0.929. The highest BCUT2D eigenvalue weighted by Gasteiger charge is 2.59. The van der Waals surface area contributed by atoms with Gasteiger partial charge in [0.2, 0.25) is 5.91 Å². The molecule has 0 aliphatic carbocycles. The Morgan fingerprint density at radius 2 is 1.75 bits per heavy atom. The van der Waals surface area contributed by atoms with E-state index in [1.807, 2.05) is 18.9 Å². The summed E-state index contributed by atoms with van der Waals surface area (Å²) in [6.45, 7) is 12.3. The summed E-state index contributed by atoms with van der Waals surface area (Å²) >= 11 is 0. The minimum atomic E-state index is -0.966. The summed E-state index contributed by atoms with van der Waals surface area (Å²) in [6, 6.07) is 0. The first-order valence-corrected chi connectivity index (χ1v) is 7.22. The number of aliphatic hydroxyl groups is 1. The standard InChI is InChI=1S/C14H27N3O3/c1-9(2)20-17-12(3,4)7-14(8-13(17,5)6)10(18)15-11(19)16-14/h9,11,16,19H,7-8H2,1-6H3,(H,15,18). The van der Waals surface area contributed by atoms with Gasteiger partial charge in [-0.1, -0.05) is 0 Å². The van der Waals surface area contributed by atoms with E-state index in [2.05, 4.69) is 38.3 Å². The van der Waals surface area contributed by atoms with E-state index in [-0.39, 0.29) is 23.1 Å². The minimum absolute atomic E-state index is 0.0820. The van der Waals surface area contributed by atoms with E-state index in [1.54, 1.807) is 0 Å². The summed E-state index contributed by atoms with van der Waals surface area (Å²) in [5.41, 5.74) is -1.37. The molecule has 2 fully saturated rings. The first kappa shape index (κ1) is 15.7. The normalized spacial score (nSPS) is 31.8. The third kappa shape index (κ3) is 2.57. The Balaban J connectivity index is 2.32. The summed E-state index contributed by atoms with van der Waals surface area (Å²) < 4.78 is 0. The number of carbonyl (C=O) groups excluding carboxylic acids is 1. The molecule has 0 aromatic carbocycles. The van der Waals surface area contributed by atoms with Gasteiger partial charge in [0, 0.05) is 11.1 Å². The van der Waals surface area contributed by atoms with Gasteiger partial charge in [0.1, 0.15) is 5.54 Å². The second kappa shape index (κ2) is 4.66. The van der Waals surface area contributed by atoms with E-state index in [1.165, 1.54) is 0 Å². The largest absolute Gasteiger partial charge is 0.361 e. The zero-order chi connectivity index (χ0) is 15.3. The fourth-order valence-electron chi connectivity index (χ4n) is 3.89. The van der Waals surface area contributed by atoms with E-state index < -0.39 is 11.9 Å². The Hall–Kier alpha value is -0.690. The van der Waals surface area contributed by atoms with Gasteiger partial charge in [-0.05, 0) is 54.4 Å². The smallest absolute Gasteiger partial charge is 0.243 e. The van der Waals surface area contributed by atoms with Crippen molar-refractivity contribution in [3.63, 3.8) is 0 Å². The number of nitrogens with one attached hydrogen (secondary N) is 2. The van der Waals surface area contributed by atoms with Gasteiger partial charge in [0.05, 0.1) is 6.10 Å². The van der Waals surface area contributed by atoms with Crippen molar-refractivity contribution in [2.24, 2.45) is 0 Å². The topological polar surface area (TPSA) is 73.8 Å². The Kier molecular flexibility index (Phi) is 3.66. The molecule has 6 heteroatoms. The van der Waals surface area contributed by atoms with Crippen LogP contribution in [-0.2, 0) is 9.63 Å². The van der Waals surface area contributed by atoms with Gasteiger partial charge >= 0.3 is 0 Å². The molecule has 1 amide bonds. The molecule has 0 aromatic rings. The van der Waals surface area contributed by atoms with Crippen molar-refractivity contribution in [3.8, 4) is 0 Å². The van der Waals surface area contributed by atoms with Gasteiger partial charge in [-0.15, -0.1) is 0 Å². The van der Waals surface area contributed by atoms with Crippen LogP contribution in [0.2, 0.25) is 0 Å². The first-order valence-electron chi connectivity index (χ1n) is 7.22. The lowest BCUT2D eigenvalue weighted by Gasteiger charge is -2.56. The minimum Gasteiger partial charge on any atom is -0.361 e. The van der Waals surface area contributed by atoms with E-state index in [0.29, 0.717) is 12.8 Å². The van der Waals surface area contributed by atoms with Crippen molar-refractivity contribution in [1.29, 1.82) is 0 Å². The molecule has 1 unspecified atom stereocenters. The van der Waals surface area contributed by atoms with E-state index in [4.69, 9.17) is 4.84 Å². The zero-order valence-corrected chi connectivity index (χ0v) is 13.3. The highest BCUT2D eigenvalue weighted by atomic mass is 16.7. The number of piperidine rings is 1. The van der Waals surface area contributed by atoms with Crippen LogP contribution in [-0.4, -0.2) is 45.1 Å². The Morgan fingerprint density at radius 3 is 2.10 bits per heavy atom. The quantitative estimate of drug-likeness (QED) is 0.697. The van der Waals surface area contributed by atoms with Crippen molar-refractivity contribution in [3.05, 3.63) is 0 Å². The molecule has 6 nitrogen and oxygen atoms in total. The average molecular weight is 285 g/mol. The molecule has 0 radical (unpaired) electrons. The molecule has 1 spiro atoms. The third-order valence-corrected chi connectivity index (χ3v) is 4.00. The molecule has 20 heavy (non-hydrogen) atoms. The van der Waals surface area contributed by atoms with Gasteiger partial charge in [-0.25, -0.2) is 0 Å². The van der Waals surface area contributed by atoms with Crippen molar-refractivity contribution in [2.75, 3.05) is 0 Å². The first-order chi connectivity index (χ1) is 8.98. The Bertz CT molecular complexity index is 388. The SMILES string of the molecule is CC(C)ON1C(C)(C)CC2(CC1(C)C)NC(O)NC2=O. The van der Waals surface area contributed by atoms with Gasteiger partial charge in [0.15, 0.2) is 6.35 Å². The van der Waals surface area contributed by atoms with E-state index in [0.717, 1.165) is 0 Å². The molecule has 0 bridgehead atoms. The molecule has 2 heterocycles.